The average Bonchev–Trinajstić information content (AvgIpc) is 3.15. The number of ether oxygens (including phenoxy) is 1. The van der Waals surface area contributed by atoms with E-state index in [-0.39, 0.29) is 5.91 Å². The average molecular weight is 394 g/mol. The van der Waals surface area contributed by atoms with E-state index in [1.54, 1.807) is 23.5 Å². The summed E-state index contributed by atoms with van der Waals surface area (Å²) in [6, 6.07) is 7.43. The number of piperidine rings is 1. The van der Waals surface area contributed by atoms with E-state index in [4.69, 9.17) is 22.1 Å². The highest BCUT2D eigenvalue weighted by Crippen LogP contribution is 2.29. The molecule has 1 aromatic carbocycles. The van der Waals surface area contributed by atoms with Crippen LogP contribution in [0.3, 0.4) is 0 Å². The van der Waals surface area contributed by atoms with Crippen molar-refractivity contribution in [1.82, 2.24) is 10.2 Å². The zero-order chi connectivity index (χ0) is 18.5. The largest absolute Gasteiger partial charge is 0.496 e. The van der Waals surface area contributed by atoms with Crippen molar-refractivity contribution in [3.05, 3.63) is 45.1 Å². The lowest BCUT2D eigenvalue weighted by Crippen LogP contribution is -2.38. The number of benzene rings is 1. The smallest absolute Gasteiger partial charge is 0.255 e. The van der Waals surface area contributed by atoms with E-state index in [1.165, 1.54) is 12.0 Å². The highest BCUT2D eigenvalue weighted by atomic mass is 35.5. The van der Waals surface area contributed by atoms with Gasteiger partial charge in [-0.25, -0.2) is 0 Å². The summed E-state index contributed by atoms with van der Waals surface area (Å²) in [6.07, 6.45) is 2.18. The first-order chi connectivity index (χ1) is 12.6. The fraction of sp³-hybridized carbons (Fsp3) is 0.421. The molecule has 1 fully saturated rings. The van der Waals surface area contributed by atoms with Crippen molar-refractivity contribution in [2.45, 2.75) is 19.4 Å². The number of nitrogens with one attached hydrogen (secondary N) is 1. The number of halogens is 1. The van der Waals surface area contributed by atoms with Gasteiger partial charge in [-0.15, -0.1) is 11.3 Å². The molecule has 1 saturated heterocycles. The first kappa shape index (κ1) is 19.0. The Kier molecular flexibility index (Phi) is 6.40. The SMILES string of the molecule is COc1cc(N)c(Cl)cc1C(=O)NCC1CCN(Cc2cccs2)CC1. The Balaban J connectivity index is 1.49. The lowest BCUT2D eigenvalue weighted by molar-refractivity contribution is 0.0932. The molecule has 0 atom stereocenters. The van der Waals surface area contributed by atoms with Crippen molar-refractivity contribution in [3.63, 3.8) is 0 Å². The Morgan fingerprint density at radius 2 is 2.19 bits per heavy atom. The van der Waals surface area contributed by atoms with E-state index >= 15 is 0 Å². The standard InChI is InChI=1S/C19H24ClN3O2S/c1-25-18-10-17(21)16(20)9-15(18)19(24)22-11-13-4-6-23(7-5-13)12-14-3-2-8-26-14/h2-3,8-10,13H,4-7,11-12,21H2,1H3,(H,22,24). The lowest BCUT2D eigenvalue weighted by Gasteiger charge is -2.31. The molecule has 140 valence electrons. The lowest BCUT2D eigenvalue weighted by atomic mass is 9.96. The molecule has 7 heteroatoms. The van der Waals surface area contributed by atoms with Gasteiger partial charge in [0.15, 0.2) is 0 Å². The second-order valence-corrected chi connectivity index (χ2v) is 8.02. The van der Waals surface area contributed by atoms with Gasteiger partial charge in [0.25, 0.3) is 5.91 Å². The Labute approximate surface area is 163 Å². The van der Waals surface area contributed by atoms with Crippen LogP contribution >= 0.6 is 22.9 Å². The number of carbonyl (C=O) groups excluding carboxylic acids is 1. The Morgan fingerprint density at radius 3 is 2.85 bits per heavy atom. The molecule has 0 radical (unpaired) electrons. The molecule has 1 amide bonds. The van der Waals surface area contributed by atoms with E-state index in [9.17, 15) is 4.79 Å². The van der Waals surface area contributed by atoms with Crippen LogP contribution in [-0.4, -0.2) is 37.6 Å². The second kappa shape index (κ2) is 8.75. The Morgan fingerprint density at radius 1 is 1.42 bits per heavy atom. The summed E-state index contributed by atoms with van der Waals surface area (Å²) >= 11 is 7.85. The molecule has 2 aromatic rings. The van der Waals surface area contributed by atoms with Crippen LogP contribution in [0.4, 0.5) is 5.69 Å². The number of anilines is 1. The summed E-state index contributed by atoms with van der Waals surface area (Å²) in [4.78, 5) is 16.4. The maximum absolute atomic E-state index is 12.5. The van der Waals surface area contributed by atoms with Gasteiger partial charge in [-0.05, 0) is 49.4 Å². The van der Waals surface area contributed by atoms with Crippen LogP contribution in [-0.2, 0) is 6.54 Å². The third-order valence-electron chi connectivity index (χ3n) is 4.78. The molecular formula is C19H24ClN3O2S. The topological polar surface area (TPSA) is 67.6 Å². The van der Waals surface area contributed by atoms with Gasteiger partial charge in [0.2, 0.25) is 0 Å². The van der Waals surface area contributed by atoms with E-state index in [1.807, 2.05) is 0 Å². The molecule has 1 aliphatic heterocycles. The van der Waals surface area contributed by atoms with E-state index < -0.39 is 0 Å². The monoisotopic (exact) mass is 393 g/mol. The minimum atomic E-state index is -0.176. The highest BCUT2D eigenvalue weighted by molar-refractivity contribution is 7.09. The zero-order valence-corrected chi connectivity index (χ0v) is 16.4. The number of amides is 1. The first-order valence-corrected chi connectivity index (χ1v) is 9.98. The minimum Gasteiger partial charge on any atom is -0.496 e. The highest BCUT2D eigenvalue weighted by Gasteiger charge is 2.21. The number of methoxy groups -OCH3 is 1. The van der Waals surface area contributed by atoms with Crippen molar-refractivity contribution in [1.29, 1.82) is 0 Å². The molecule has 0 bridgehead atoms. The van der Waals surface area contributed by atoms with Crippen LogP contribution < -0.4 is 15.8 Å². The first-order valence-electron chi connectivity index (χ1n) is 8.72. The quantitative estimate of drug-likeness (QED) is 0.735. The fourth-order valence-corrected chi connectivity index (χ4v) is 4.13. The van der Waals surface area contributed by atoms with Gasteiger partial charge in [0, 0.05) is 24.0 Å². The zero-order valence-electron chi connectivity index (χ0n) is 14.8. The molecule has 5 nitrogen and oxygen atoms in total. The van der Waals surface area contributed by atoms with E-state index in [0.717, 1.165) is 32.5 Å². The van der Waals surface area contributed by atoms with Crippen molar-refractivity contribution in [2.24, 2.45) is 5.92 Å². The number of nitrogens with two attached hydrogens (primary N) is 1. The third-order valence-corrected chi connectivity index (χ3v) is 5.97. The molecule has 0 aliphatic carbocycles. The number of nitrogens with zero attached hydrogens (tertiary/aromatic N) is 1. The number of rotatable bonds is 6. The van der Waals surface area contributed by atoms with Gasteiger partial charge in [-0.2, -0.15) is 0 Å². The van der Waals surface area contributed by atoms with E-state index in [2.05, 4.69) is 27.7 Å². The van der Waals surface area contributed by atoms with Gasteiger partial charge in [0.1, 0.15) is 5.75 Å². The maximum atomic E-state index is 12.5. The molecular weight excluding hydrogens is 370 g/mol. The van der Waals surface area contributed by atoms with Gasteiger partial charge in [0.05, 0.1) is 23.4 Å². The van der Waals surface area contributed by atoms with Crippen LogP contribution in [0, 0.1) is 5.92 Å². The van der Waals surface area contributed by atoms with Crippen LogP contribution in [0.5, 0.6) is 5.75 Å². The third kappa shape index (κ3) is 4.69. The summed E-state index contributed by atoms with van der Waals surface area (Å²) in [5, 5.41) is 5.50. The predicted octanol–water partition coefficient (Wildman–Crippen LogP) is 3.63. The summed E-state index contributed by atoms with van der Waals surface area (Å²) in [6.45, 7) is 3.82. The van der Waals surface area contributed by atoms with Crippen LogP contribution in [0.25, 0.3) is 0 Å². The molecule has 1 aromatic heterocycles. The summed E-state index contributed by atoms with van der Waals surface area (Å²) in [5.74, 6) is 0.758. The van der Waals surface area contributed by atoms with Gasteiger partial charge < -0.3 is 15.8 Å². The molecule has 0 saturated carbocycles. The van der Waals surface area contributed by atoms with Gasteiger partial charge in [-0.1, -0.05) is 17.7 Å². The van der Waals surface area contributed by atoms with Crippen molar-refractivity contribution >= 4 is 34.5 Å². The van der Waals surface area contributed by atoms with Crippen LogP contribution in [0.2, 0.25) is 5.02 Å². The van der Waals surface area contributed by atoms with E-state index in [0.29, 0.717) is 34.5 Å². The van der Waals surface area contributed by atoms with Crippen LogP contribution in [0.15, 0.2) is 29.6 Å². The normalized spacial score (nSPS) is 15.8. The molecule has 3 rings (SSSR count). The molecule has 3 N–H and O–H groups in total. The Hall–Kier alpha value is -1.76. The molecule has 0 spiro atoms. The number of hydrogen-bond donors (Lipinski definition) is 2. The van der Waals surface area contributed by atoms with Gasteiger partial charge >= 0.3 is 0 Å². The van der Waals surface area contributed by atoms with Gasteiger partial charge in [-0.3, -0.25) is 9.69 Å². The molecule has 2 heterocycles. The number of likely N-dealkylation sites (tertiary alicyclic amines) is 1. The molecule has 26 heavy (non-hydrogen) atoms. The second-order valence-electron chi connectivity index (χ2n) is 6.58. The van der Waals surface area contributed by atoms with Crippen molar-refractivity contribution in [2.75, 3.05) is 32.5 Å². The Bertz CT molecular complexity index is 743. The predicted molar refractivity (Wildman–Crippen MR) is 107 cm³/mol. The summed E-state index contributed by atoms with van der Waals surface area (Å²) < 4.78 is 5.25. The fourth-order valence-electron chi connectivity index (χ4n) is 3.22. The van der Waals surface area contributed by atoms with Crippen molar-refractivity contribution in [3.8, 4) is 5.75 Å². The minimum absolute atomic E-state index is 0.176. The van der Waals surface area contributed by atoms with Crippen LogP contribution in [0.1, 0.15) is 28.1 Å². The number of hydrogen-bond acceptors (Lipinski definition) is 5. The molecule has 0 unspecified atom stereocenters. The summed E-state index contributed by atoms with van der Waals surface area (Å²) in [7, 11) is 1.52. The maximum Gasteiger partial charge on any atom is 0.255 e. The number of nitrogen functional groups attached to an aromatic ring is 1. The molecule has 1 aliphatic rings. The van der Waals surface area contributed by atoms with Crippen molar-refractivity contribution < 1.29 is 9.53 Å². The number of carbonyl (C=O) groups is 1. The summed E-state index contributed by atoms with van der Waals surface area (Å²) in [5.41, 5.74) is 6.59. The number of thiophene rings is 1.